The lowest BCUT2D eigenvalue weighted by Crippen LogP contribution is -2.47. The van der Waals surface area contributed by atoms with Crippen molar-refractivity contribution in [3.63, 3.8) is 0 Å². The Morgan fingerprint density at radius 1 is 1.12 bits per heavy atom. The van der Waals surface area contributed by atoms with Crippen LogP contribution in [0.1, 0.15) is 30.4 Å². The van der Waals surface area contributed by atoms with E-state index in [1.807, 2.05) is 32.0 Å². The number of nitrogens with one attached hydrogen (secondary N) is 1. The van der Waals surface area contributed by atoms with Gasteiger partial charge in [0.15, 0.2) is 5.79 Å². The third-order valence-electron chi connectivity index (χ3n) is 4.75. The van der Waals surface area contributed by atoms with Crippen LogP contribution in [0.5, 0.6) is 0 Å². The molecule has 24 heavy (non-hydrogen) atoms. The van der Waals surface area contributed by atoms with E-state index in [-0.39, 0.29) is 18.2 Å². The number of nitrogens with zero attached hydrogens (tertiary/aromatic N) is 1. The number of hydrogen-bond acceptors (Lipinski definition) is 4. The van der Waals surface area contributed by atoms with Crippen molar-refractivity contribution in [2.75, 3.05) is 31.6 Å². The predicted octanol–water partition coefficient (Wildman–Crippen LogP) is 2.00. The van der Waals surface area contributed by atoms with Crippen molar-refractivity contribution in [2.45, 2.75) is 38.9 Å². The Hall–Kier alpha value is -1.92. The minimum atomic E-state index is -0.503. The Morgan fingerprint density at radius 2 is 1.71 bits per heavy atom. The van der Waals surface area contributed by atoms with Crippen molar-refractivity contribution >= 4 is 17.5 Å². The predicted molar refractivity (Wildman–Crippen MR) is 89.6 cm³/mol. The zero-order valence-corrected chi connectivity index (χ0v) is 14.3. The summed E-state index contributed by atoms with van der Waals surface area (Å²) >= 11 is 0. The summed E-state index contributed by atoms with van der Waals surface area (Å²) in [5.41, 5.74) is 2.78. The van der Waals surface area contributed by atoms with Crippen LogP contribution >= 0.6 is 0 Å². The number of aryl methyl sites for hydroxylation is 2. The number of benzene rings is 1. The number of anilines is 1. The second-order valence-electron chi connectivity index (χ2n) is 6.48. The fraction of sp³-hybridized carbons (Fsp3) is 0.556. The molecule has 0 aliphatic carbocycles. The number of para-hydroxylation sites is 1. The number of likely N-dealkylation sites (tertiary alicyclic amines) is 1. The van der Waals surface area contributed by atoms with Crippen molar-refractivity contribution in [1.29, 1.82) is 0 Å². The van der Waals surface area contributed by atoms with E-state index in [9.17, 15) is 9.59 Å². The van der Waals surface area contributed by atoms with E-state index in [0.29, 0.717) is 39.1 Å². The minimum absolute atomic E-state index is 0.136. The quantitative estimate of drug-likeness (QED) is 0.860. The first-order valence-corrected chi connectivity index (χ1v) is 8.41. The average Bonchev–Trinajstić information content (AvgIpc) is 3.00. The summed E-state index contributed by atoms with van der Waals surface area (Å²) in [4.78, 5) is 26.3. The van der Waals surface area contributed by atoms with Gasteiger partial charge < -0.3 is 19.7 Å². The molecule has 6 heteroatoms. The van der Waals surface area contributed by atoms with Crippen LogP contribution in [0.3, 0.4) is 0 Å². The first kappa shape index (κ1) is 16.9. The van der Waals surface area contributed by atoms with Crippen LogP contribution in [0, 0.1) is 13.8 Å². The Bertz CT molecular complexity index is 608. The van der Waals surface area contributed by atoms with E-state index in [1.54, 1.807) is 4.90 Å². The Labute approximate surface area is 142 Å². The Morgan fingerprint density at radius 3 is 2.29 bits per heavy atom. The molecule has 0 aromatic heterocycles. The fourth-order valence-electron chi connectivity index (χ4n) is 3.33. The molecule has 2 heterocycles. The molecule has 0 saturated carbocycles. The summed E-state index contributed by atoms with van der Waals surface area (Å²) in [5.74, 6) is -0.922. The van der Waals surface area contributed by atoms with E-state index in [2.05, 4.69) is 5.32 Å². The molecule has 2 amide bonds. The topological polar surface area (TPSA) is 67.9 Å². The molecule has 2 aliphatic rings. The highest BCUT2D eigenvalue weighted by atomic mass is 16.7. The lowest BCUT2D eigenvalue weighted by molar-refractivity contribution is -0.187. The van der Waals surface area contributed by atoms with Crippen molar-refractivity contribution in [1.82, 2.24) is 4.90 Å². The molecule has 1 spiro atoms. The lowest BCUT2D eigenvalue weighted by Gasteiger charge is -2.37. The molecule has 1 aromatic rings. The van der Waals surface area contributed by atoms with E-state index in [1.165, 1.54) is 0 Å². The van der Waals surface area contributed by atoms with E-state index >= 15 is 0 Å². The Kier molecular flexibility index (Phi) is 4.87. The SMILES string of the molecule is Cc1cccc(C)c1NC(=O)CC(=O)N1CCC2(CC1)OCCO2. The third-order valence-corrected chi connectivity index (χ3v) is 4.75. The molecule has 2 aliphatic heterocycles. The minimum Gasteiger partial charge on any atom is -0.347 e. The van der Waals surface area contributed by atoms with Gasteiger partial charge in [-0.1, -0.05) is 18.2 Å². The molecule has 0 radical (unpaired) electrons. The van der Waals surface area contributed by atoms with Crippen LogP contribution < -0.4 is 5.32 Å². The highest BCUT2D eigenvalue weighted by Crippen LogP contribution is 2.31. The standard InChI is InChI=1S/C18H24N2O4/c1-13-4-3-5-14(2)17(13)19-15(21)12-16(22)20-8-6-18(7-9-20)23-10-11-24-18/h3-5H,6-12H2,1-2H3,(H,19,21). The Balaban J connectivity index is 1.52. The normalized spacial score (nSPS) is 19.5. The molecule has 0 unspecified atom stereocenters. The van der Waals surface area contributed by atoms with Gasteiger partial charge in [0.2, 0.25) is 11.8 Å². The molecular formula is C18H24N2O4. The van der Waals surface area contributed by atoms with Crippen LogP contribution in [0.4, 0.5) is 5.69 Å². The van der Waals surface area contributed by atoms with Crippen LogP contribution in [0.2, 0.25) is 0 Å². The van der Waals surface area contributed by atoms with Gasteiger partial charge in [0.05, 0.1) is 13.2 Å². The third kappa shape index (κ3) is 3.60. The van der Waals surface area contributed by atoms with Gasteiger partial charge in [-0.15, -0.1) is 0 Å². The van der Waals surface area contributed by atoms with Gasteiger partial charge in [-0.2, -0.15) is 0 Å². The van der Waals surface area contributed by atoms with Gasteiger partial charge in [-0.3, -0.25) is 9.59 Å². The van der Waals surface area contributed by atoms with Gasteiger partial charge in [-0.05, 0) is 25.0 Å². The molecule has 2 fully saturated rings. The van der Waals surface area contributed by atoms with Crippen molar-refractivity contribution < 1.29 is 19.1 Å². The van der Waals surface area contributed by atoms with Crippen molar-refractivity contribution in [3.05, 3.63) is 29.3 Å². The zero-order chi connectivity index (χ0) is 17.2. The maximum atomic E-state index is 12.4. The number of piperidine rings is 1. The zero-order valence-electron chi connectivity index (χ0n) is 14.3. The smallest absolute Gasteiger partial charge is 0.233 e. The summed E-state index contributed by atoms with van der Waals surface area (Å²) in [5, 5.41) is 2.86. The fourth-order valence-corrected chi connectivity index (χ4v) is 3.33. The first-order chi connectivity index (χ1) is 11.5. The number of ether oxygens (including phenoxy) is 2. The maximum Gasteiger partial charge on any atom is 0.233 e. The number of amides is 2. The van der Waals surface area contributed by atoms with E-state index in [4.69, 9.17) is 9.47 Å². The molecule has 2 saturated heterocycles. The van der Waals surface area contributed by atoms with Gasteiger partial charge in [0.1, 0.15) is 6.42 Å². The second kappa shape index (κ2) is 6.91. The number of rotatable bonds is 3. The molecule has 1 aromatic carbocycles. The first-order valence-electron chi connectivity index (χ1n) is 8.41. The van der Waals surface area contributed by atoms with Gasteiger partial charge in [0.25, 0.3) is 0 Å². The van der Waals surface area contributed by atoms with Crippen molar-refractivity contribution in [3.8, 4) is 0 Å². The highest BCUT2D eigenvalue weighted by Gasteiger charge is 2.40. The van der Waals surface area contributed by atoms with Crippen LogP contribution in [0.15, 0.2) is 18.2 Å². The molecular weight excluding hydrogens is 308 g/mol. The summed E-state index contributed by atoms with van der Waals surface area (Å²) < 4.78 is 11.3. The largest absolute Gasteiger partial charge is 0.347 e. The monoisotopic (exact) mass is 332 g/mol. The summed E-state index contributed by atoms with van der Waals surface area (Å²) in [6.07, 6.45) is 1.19. The molecule has 6 nitrogen and oxygen atoms in total. The summed E-state index contributed by atoms with van der Waals surface area (Å²) in [6.45, 7) is 6.25. The summed E-state index contributed by atoms with van der Waals surface area (Å²) in [7, 11) is 0. The van der Waals surface area contributed by atoms with E-state index in [0.717, 1.165) is 16.8 Å². The van der Waals surface area contributed by atoms with Gasteiger partial charge >= 0.3 is 0 Å². The average molecular weight is 332 g/mol. The second-order valence-corrected chi connectivity index (χ2v) is 6.48. The summed E-state index contributed by atoms with van der Waals surface area (Å²) in [6, 6.07) is 5.83. The van der Waals surface area contributed by atoms with Crippen LogP contribution in [-0.4, -0.2) is 48.8 Å². The number of carbonyl (C=O) groups excluding carboxylic acids is 2. The van der Waals surface area contributed by atoms with E-state index < -0.39 is 5.79 Å². The van der Waals surface area contributed by atoms with Crippen LogP contribution in [-0.2, 0) is 19.1 Å². The van der Waals surface area contributed by atoms with Gasteiger partial charge in [0, 0.05) is 31.6 Å². The van der Waals surface area contributed by atoms with Crippen LogP contribution in [0.25, 0.3) is 0 Å². The van der Waals surface area contributed by atoms with Gasteiger partial charge in [-0.25, -0.2) is 0 Å². The lowest BCUT2D eigenvalue weighted by atomic mass is 10.0. The van der Waals surface area contributed by atoms with Crippen molar-refractivity contribution in [2.24, 2.45) is 0 Å². The molecule has 1 N–H and O–H groups in total. The number of carbonyl (C=O) groups is 2. The molecule has 0 bridgehead atoms. The molecule has 3 rings (SSSR count). The highest BCUT2D eigenvalue weighted by molar-refractivity contribution is 6.04. The molecule has 0 atom stereocenters. The maximum absolute atomic E-state index is 12.4. The molecule has 130 valence electrons. The number of hydrogen-bond donors (Lipinski definition) is 1.